The van der Waals surface area contributed by atoms with E-state index in [9.17, 15) is 4.79 Å². The fourth-order valence-corrected chi connectivity index (χ4v) is 2.82. The van der Waals surface area contributed by atoms with Crippen molar-refractivity contribution in [1.82, 2.24) is 9.38 Å². The lowest BCUT2D eigenvalue weighted by Gasteiger charge is -2.12. The van der Waals surface area contributed by atoms with Gasteiger partial charge in [-0.3, -0.25) is 4.79 Å². The minimum atomic E-state index is -0.239. The molecule has 6 nitrogen and oxygen atoms in total. The third-order valence-electron chi connectivity index (χ3n) is 3.55. The van der Waals surface area contributed by atoms with Gasteiger partial charge >= 0.3 is 0 Å². The number of hydrogen-bond donors (Lipinski definition) is 1. The molecule has 2 heterocycles. The molecule has 0 saturated heterocycles. The lowest BCUT2D eigenvalue weighted by atomic mass is 10.2. The maximum Gasteiger partial charge on any atom is 0.230 e. The predicted octanol–water partition coefficient (Wildman–Crippen LogP) is 3.84. The zero-order chi connectivity index (χ0) is 18.0. The van der Waals surface area contributed by atoms with Crippen molar-refractivity contribution in [3.8, 4) is 11.5 Å². The number of methoxy groups -OCH3 is 2. The molecule has 0 atom stereocenters. The first-order chi connectivity index (χ1) is 12.0. The van der Waals surface area contributed by atoms with Crippen LogP contribution in [0.2, 0.25) is 10.0 Å². The highest BCUT2D eigenvalue weighted by Gasteiger charge is 2.14. The van der Waals surface area contributed by atoms with E-state index in [2.05, 4.69) is 10.3 Å². The van der Waals surface area contributed by atoms with Crippen LogP contribution in [0.25, 0.3) is 5.65 Å². The average Bonchev–Trinajstić information content (AvgIpc) is 2.97. The van der Waals surface area contributed by atoms with Gasteiger partial charge in [0.15, 0.2) is 0 Å². The van der Waals surface area contributed by atoms with Crippen molar-refractivity contribution in [2.45, 2.75) is 6.42 Å². The Morgan fingerprint density at radius 2 is 1.92 bits per heavy atom. The Morgan fingerprint density at radius 3 is 2.64 bits per heavy atom. The molecule has 2 aromatic heterocycles. The molecule has 0 fully saturated rings. The molecular formula is C17H15Cl2N3O3. The van der Waals surface area contributed by atoms with Crippen molar-refractivity contribution >= 4 is 40.4 Å². The molecule has 3 aromatic rings. The molecule has 25 heavy (non-hydrogen) atoms. The number of nitrogens with one attached hydrogen (secondary N) is 1. The van der Waals surface area contributed by atoms with Crippen molar-refractivity contribution < 1.29 is 14.3 Å². The Kier molecular flexibility index (Phi) is 5.01. The Balaban J connectivity index is 1.79. The summed E-state index contributed by atoms with van der Waals surface area (Å²) in [5.74, 6) is 0.651. The maximum atomic E-state index is 12.4. The van der Waals surface area contributed by atoms with E-state index in [1.807, 2.05) is 0 Å². The third kappa shape index (κ3) is 3.81. The number of pyridine rings is 1. The number of rotatable bonds is 5. The topological polar surface area (TPSA) is 64.9 Å². The zero-order valence-electron chi connectivity index (χ0n) is 13.5. The number of imidazole rings is 1. The van der Waals surface area contributed by atoms with E-state index in [0.29, 0.717) is 32.9 Å². The third-order valence-corrected chi connectivity index (χ3v) is 4.07. The van der Waals surface area contributed by atoms with E-state index in [-0.39, 0.29) is 12.3 Å². The first-order valence-electron chi connectivity index (χ1n) is 7.34. The van der Waals surface area contributed by atoms with Gasteiger partial charge in [-0.1, -0.05) is 23.2 Å². The van der Waals surface area contributed by atoms with Gasteiger partial charge in [-0.15, -0.1) is 0 Å². The predicted molar refractivity (Wildman–Crippen MR) is 97.1 cm³/mol. The van der Waals surface area contributed by atoms with Gasteiger partial charge in [-0.25, -0.2) is 4.98 Å². The molecule has 0 spiro atoms. The Labute approximate surface area is 154 Å². The second kappa shape index (κ2) is 7.21. The summed E-state index contributed by atoms with van der Waals surface area (Å²) in [7, 11) is 3.00. The molecule has 1 N–H and O–H groups in total. The maximum absolute atomic E-state index is 12.4. The molecule has 0 aliphatic heterocycles. The van der Waals surface area contributed by atoms with E-state index >= 15 is 0 Å². The molecule has 1 amide bonds. The van der Waals surface area contributed by atoms with Gasteiger partial charge in [0, 0.05) is 24.5 Å². The summed E-state index contributed by atoms with van der Waals surface area (Å²) < 4.78 is 12.2. The smallest absolute Gasteiger partial charge is 0.230 e. The number of amides is 1. The summed E-state index contributed by atoms with van der Waals surface area (Å²) in [5.41, 5.74) is 1.82. The number of halogens is 2. The number of aromatic nitrogens is 2. The minimum absolute atomic E-state index is 0.105. The van der Waals surface area contributed by atoms with Crippen LogP contribution < -0.4 is 14.8 Å². The molecule has 8 heteroatoms. The summed E-state index contributed by atoms with van der Waals surface area (Å²) in [6.07, 6.45) is 3.60. The normalized spacial score (nSPS) is 10.7. The van der Waals surface area contributed by atoms with Gasteiger partial charge in [0.25, 0.3) is 0 Å². The molecule has 0 unspecified atom stereocenters. The highest BCUT2D eigenvalue weighted by molar-refractivity contribution is 6.32. The van der Waals surface area contributed by atoms with Crippen LogP contribution in [0.15, 0.2) is 36.7 Å². The highest BCUT2D eigenvalue weighted by Crippen LogP contribution is 2.35. The van der Waals surface area contributed by atoms with Crippen molar-refractivity contribution in [1.29, 1.82) is 0 Å². The van der Waals surface area contributed by atoms with Crippen molar-refractivity contribution in [3.05, 3.63) is 52.4 Å². The Morgan fingerprint density at radius 1 is 1.16 bits per heavy atom. The fourth-order valence-electron chi connectivity index (χ4n) is 2.42. The number of carbonyl (C=O) groups is 1. The quantitative estimate of drug-likeness (QED) is 0.731. The Hall–Kier alpha value is -2.44. The van der Waals surface area contributed by atoms with E-state index < -0.39 is 0 Å². The molecule has 0 aliphatic carbocycles. The number of fused-ring (bicyclic) bond motifs is 1. The van der Waals surface area contributed by atoms with Crippen molar-refractivity contribution in [3.63, 3.8) is 0 Å². The molecular weight excluding hydrogens is 365 g/mol. The van der Waals surface area contributed by atoms with Gasteiger partial charge in [0.05, 0.1) is 42.1 Å². The van der Waals surface area contributed by atoms with Crippen LogP contribution in [-0.4, -0.2) is 29.5 Å². The molecule has 0 bridgehead atoms. The van der Waals surface area contributed by atoms with Gasteiger partial charge in [0.1, 0.15) is 17.1 Å². The molecule has 1 aromatic carbocycles. The van der Waals surface area contributed by atoms with Crippen LogP contribution in [0.3, 0.4) is 0 Å². The summed E-state index contributed by atoms with van der Waals surface area (Å²) in [4.78, 5) is 16.8. The lowest BCUT2D eigenvalue weighted by molar-refractivity contribution is -0.115. The average molecular weight is 380 g/mol. The molecule has 0 aliphatic rings. The monoisotopic (exact) mass is 379 g/mol. The second-order valence-electron chi connectivity index (χ2n) is 5.26. The largest absolute Gasteiger partial charge is 0.495 e. The standard InChI is InChI=1S/C17H15Cl2N3O3/c1-24-14-7-13(15(25-2)6-12(14)19)21-17(23)5-11-9-22-8-10(18)3-4-16(22)20-11/h3-4,6-9H,5H2,1-2H3,(H,21,23). The minimum Gasteiger partial charge on any atom is -0.495 e. The molecule has 0 radical (unpaired) electrons. The van der Waals surface area contributed by atoms with E-state index in [0.717, 1.165) is 5.65 Å². The van der Waals surface area contributed by atoms with Gasteiger partial charge in [-0.2, -0.15) is 0 Å². The number of carbonyl (C=O) groups excluding carboxylic acids is 1. The number of benzene rings is 1. The first kappa shape index (κ1) is 17.4. The molecule has 0 saturated carbocycles. The summed E-state index contributed by atoms with van der Waals surface area (Å²) >= 11 is 12.0. The summed E-state index contributed by atoms with van der Waals surface area (Å²) in [6.45, 7) is 0. The van der Waals surface area contributed by atoms with Gasteiger partial charge in [-0.05, 0) is 12.1 Å². The SMILES string of the molecule is COc1cc(NC(=O)Cc2cn3cc(Cl)ccc3n2)c(OC)cc1Cl. The zero-order valence-corrected chi connectivity index (χ0v) is 15.1. The number of nitrogens with zero attached hydrogens (tertiary/aromatic N) is 2. The molecule has 130 valence electrons. The van der Waals surface area contributed by atoms with E-state index in [1.165, 1.54) is 14.2 Å². The lowest BCUT2D eigenvalue weighted by Crippen LogP contribution is -2.15. The van der Waals surface area contributed by atoms with Crippen molar-refractivity contribution in [2.75, 3.05) is 19.5 Å². The Bertz CT molecular complexity index is 940. The first-order valence-corrected chi connectivity index (χ1v) is 8.10. The summed E-state index contributed by atoms with van der Waals surface area (Å²) in [6, 6.07) is 6.74. The van der Waals surface area contributed by atoms with Crippen LogP contribution in [-0.2, 0) is 11.2 Å². The number of hydrogen-bond acceptors (Lipinski definition) is 4. The second-order valence-corrected chi connectivity index (χ2v) is 6.10. The van der Waals surface area contributed by atoms with Crippen LogP contribution in [0.5, 0.6) is 11.5 Å². The van der Waals surface area contributed by atoms with Gasteiger partial charge in [0.2, 0.25) is 5.91 Å². The van der Waals surface area contributed by atoms with Gasteiger partial charge < -0.3 is 19.2 Å². The number of ether oxygens (including phenoxy) is 2. The summed E-state index contributed by atoms with van der Waals surface area (Å²) in [5, 5.41) is 3.78. The van der Waals surface area contributed by atoms with Crippen LogP contribution >= 0.6 is 23.2 Å². The highest BCUT2D eigenvalue weighted by atomic mass is 35.5. The van der Waals surface area contributed by atoms with E-state index in [4.69, 9.17) is 32.7 Å². The number of anilines is 1. The van der Waals surface area contributed by atoms with E-state index in [1.54, 1.807) is 41.1 Å². The fraction of sp³-hybridized carbons (Fsp3) is 0.176. The van der Waals surface area contributed by atoms with Crippen LogP contribution in [0.1, 0.15) is 5.69 Å². The van der Waals surface area contributed by atoms with Crippen molar-refractivity contribution in [2.24, 2.45) is 0 Å². The van der Waals surface area contributed by atoms with Crippen LogP contribution in [0.4, 0.5) is 5.69 Å². The molecule has 3 rings (SSSR count). The van der Waals surface area contributed by atoms with Crippen LogP contribution in [0, 0.1) is 0 Å².